The van der Waals surface area contributed by atoms with Crippen LogP contribution in [0.4, 0.5) is 0 Å². The van der Waals surface area contributed by atoms with Gasteiger partial charge < -0.3 is 15.0 Å². The molecule has 0 aliphatic heterocycles. The lowest BCUT2D eigenvalue weighted by atomic mass is 10.1. The predicted octanol–water partition coefficient (Wildman–Crippen LogP) is 4.12. The Morgan fingerprint density at radius 1 is 1.10 bits per heavy atom. The maximum absolute atomic E-state index is 12.5. The summed E-state index contributed by atoms with van der Waals surface area (Å²) in [6.45, 7) is 1.98. The molecule has 1 amide bonds. The van der Waals surface area contributed by atoms with E-state index < -0.39 is 5.97 Å². The van der Waals surface area contributed by atoms with E-state index in [2.05, 4.69) is 15.3 Å². The highest BCUT2D eigenvalue weighted by Crippen LogP contribution is 2.28. The number of carbonyl (C=O) groups is 2. The Morgan fingerprint density at radius 2 is 1.87 bits per heavy atom. The molecular formula is C23H21N3O3S. The van der Waals surface area contributed by atoms with Crippen molar-refractivity contribution >= 4 is 34.1 Å². The normalized spacial score (nSPS) is 10.8. The molecule has 2 aromatic heterocycles. The molecule has 0 spiro atoms. The van der Waals surface area contributed by atoms with Crippen molar-refractivity contribution in [3.63, 3.8) is 0 Å². The van der Waals surface area contributed by atoms with Gasteiger partial charge in [-0.1, -0.05) is 48.5 Å². The second kappa shape index (κ2) is 8.92. The van der Waals surface area contributed by atoms with Crippen molar-refractivity contribution in [2.45, 2.75) is 13.3 Å². The van der Waals surface area contributed by atoms with E-state index >= 15 is 0 Å². The first kappa shape index (κ1) is 19.8. The van der Waals surface area contributed by atoms with Crippen molar-refractivity contribution in [3.8, 4) is 11.3 Å². The number of para-hydroxylation sites is 1. The molecule has 4 rings (SSSR count). The number of thiazole rings is 1. The molecule has 6 nitrogen and oxygen atoms in total. The van der Waals surface area contributed by atoms with Crippen molar-refractivity contribution in [1.29, 1.82) is 0 Å². The zero-order valence-corrected chi connectivity index (χ0v) is 17.3. The van der Waals surface area contributed by atoms with Gasteiger partial charge in [0.05, 0.1) is 10.7 Å². The maximum Gasteiger partial charge on any atom is 0.351 e. The number of H-pyrrole nitrogens is 1. The summed E-state index contributed by atoms with van der Waals surface area (Å²) >= 11 is 1.27. The first-order valence-electron chi connectivity index (χ1n) is 9.63. The third-order valence-electron chi connectivity index (χ3n) is 4.69. The van der Waals surface area contributed by atoms with E-state index in [9.17, 15) is 9.59 Å². The quantitative estimate of drug-likeness (QED) is 0.442. The monoisotopic (exact) mass is 419 g/mol. The number of esters is 1. The minimum atomic E-state index is -0.536. The van der Waals surface area contributed by atoms with Crippen LogP contribution in [0.1, 0.15) is 20.2 Å². The molecule has 2 heterocycles. The van der Waals surface area contributed by atoms with E-state index in [4.69, 9.17) is 4.74 Å². The van der Waals surface area contributed by atoms with Crippen LogP contribution in [-0.4, -0.2) is 35.0 Å². The fraction of sp³-hybridized carbons (Fsp3) is 0.174. The Labute approximate surface area is 177 Å². The number of aromatic nitrogens is 2. The summed E-state index contributed by atoms with van der Waals surface area (Å²) in [7, 11) is 0. The zero-order chi connectivity index (χ0) is 20.9. The summed E-state index contributed by atoms with van der Waals surface area (Å²) in [6.07, 6.45) is 2.64. The van der Waals surface area contributed by atoms with Crippen LogP contribution >= 0.6 is 11.3 Å². The van der Waals surface area contributed by atoms with Crippen LogP contribution in [0.3, 0.4) is 0 Å². The Morgan fingerprint density at radius 3 is 2.70 bits per heavy atom. The number of benzene rings is 2. The van der Waals surface area contributed by atoms with Crippen LogP contribution in [0.2, 0.25) is 0 Å². The molecule has 7 heteroatoms. The summed E-state index contributed by atoms with van der Waals surface area (Å²) in [6, 6.07) is 17.5. The number of hydrogen-bond donors (Lipinski definition) is 2. The fourth-order valence-corrected chi connectivity index (χ4v) is 4.11. The summed E-state index contributed by atoms with van der Waals surface area (Å²) < 4.78 is 5.24. The van der Waals surface area contributed by atoms with Crippen molar-refractivity contribution in [2.75, 3.05) is 13.2 Å². The SMILES string of the molecule is Cc1nc(-c2ccccc2)c(C(=O)OCC(=O)NCCc2c[nH]c3ccccc23)s1. The molecule has 0 bridgehead atoms. The Bertz CT molecular complexity index is 1180. The van der Waals surface area contributed by atoms with Gasteiger partial charge in [0.2, 0.25) is 0 Å². The van der Waals surface area contributed by atoms with E-state index in [1.165, 1.54) is 11.3 Å². The molecule has 0 fully saturated rings. The summed E-state index contributed by atoms with van der Waals surface area (Å²) in [5.41, 5.74) is 3.64. The highest BCUT2D eigenvalue weighted by Gasteiger charge is 2.20. The molecule has 0 unspecified atom stereocenters. The third kappa shape index (κ3) is 4.41. The van der Waals surface area contributed by atoms with Crippen LogP contribution < -0.4 is 5.32 Å². The first-order valence-corrected chi connectivity index (χ1v) is 10.4. The standard InChI is InChI=1S/C23H21N3O3S/c1-15-26-21(16-7-3-2-4-8-16)22(30-15)23(28)29-14-20(27)24-12-11-17-13-25-19-10-6-5-9-18(17)19/h2-10,13,25H,11-12,14H2,1H3,(H,24,27). The lowest BCUT2D eigenvalue weighted by Crippen LogP contribution is -2.30. The minimum Gasteiger partial charge on any atom is -0.451 e. The molecule has 152 valence electrons. The van der Waals surface area contributed by atoms with E-state index in [1.807, 2.05) is 67.7 Å². The van der Waals surface area contributed by atoms with Crippen molar-refractivity contribution in [2.24, 2.45) is 0 Å². The number of carbonyl (C=O) groups excluding carboxylic acids is 2. The predicted molar refractivity (Wildman–Crippen MR) is 118 cm³/mol. The number of fused-ring (bicyclic) bond motifs is 1. The van der Waals surface area contributed by atoms with E-state index in [-0.39, 0.29) is 12.5 Å². The van der Waals surface area contributed by atoms with Gasteiger partial charge >= 0.3 is 5.97 Å². The molecule has 0 atom stereocenters. The average Bonchev–Trinajstić information content (AvgIpc) is 3.36. The highest BCUT2D eigenvalue weighted by molar-refractivity contribution is 7.14. The summed E-state index contributed by atoms with van der Waals surface area (Å²) in [5, 5.41) is 4.71. The summed E-state index contributed by atoms with van der Waals surface area (Å²) in [5.74, 6) is -0.864. The van der Waals surface area contributed by atoms with Gasteiger partial charge in [0.1, 0.15) is 4.88 Å². The number of aromatic amines is 1. The van der Waals surface area contributed by atoms with Crippen molar-refractivity contribution < 1.29 is 14.3 Å². The van der Waals surface area contributed by atoms with Crippen LogP contribution in [0.15, 0.2) is 60.8 Å². The average molecular weight is 420 g/mol. The van der Waals surface area contributed by atoms with Crippen LogP contribution in [0.25, 0.3) is 22.2 Å². The van der Waals surface area contributed by atoms with Gasteiger partial charge in [-0.2, -0.15) is 0 Å². The second-order valence-corrected chi connectivity index (χ2v) is 8.02. The molecule has 0 saturated heterocycles. The molecule has 0 aliphatic rings. The molecule has 30 heavy (non-hydrogen) atoms. The molecule has 2 aromatic carbocycles. The lowest BCUT2D eigenvalue weighted by Gasteiger charge is -2.07. The Kier molecular flexibility index (Phi) is 5.90. The Balaban J connectivity index is 1.31. The smallest absolute Gasteiger partial charge is 0.351 e. The minimum absolute atomic E-state index is 0.322. The van der Waals surface area contributed by atoms with Crippen molar-refractivity contribution in [1.82, 2.24) is 15.3 Å². The molecule has 4 aromatic rings. The molecule has 0 aliphatic carbocycles. The van der Waals surface area contributed by atoms with Gasteiger partial charge in [0.15, 0.2) is 6.61 Å². The van der Waals surface area contributed by atoms with E-state index in [1.54, 1.807) is 0 Å². The number of nitrogens with one attached hydrogen (secondary N) is 2. The van der Waals surface area contributed by atoms with Gasteiger partial charge in [-0.3, -0.25) is 4.79 Å². The van der Waals surface area contributed by atoms with Crippen LogP contribution in [0.5, 0.6) is 0 Å². The largest absolute Gasteiger partial charge is 0.451 e. The van der Waals surface area contributed by atoms with Crippen LogP contribution in [0, 0.1) is 6.92 Å². The van der Waals surface area contributed by atoms with E-state index in [0.717, 1.165) is 27.0 Å². The molecule has 0 radical (unpaired) electrons. The van der Waals surface area contributed by atoms with Gasteiger partial charge in [0.25, 0.3) is 5.91 Å². The lowest BCUT2D eigenvalue weighted by molar-refractivity contribution is -0.124. The highest BCUT2D eigenvalue weighted by atomic mass is 32.1. The van der Waals surface area contributed by atoms with Crippen LogP contribution in [-0.2, 0) is 16.0 Å². The van der Waals surface area contributed by atoms with Gasteiger partial charge in [-0.15, -0.1) is 11.3 Å². The van der Waals surface area contributed by atoms with Crippen molar-refractivity contribution in [3.05, 3.63) is 76.2 Å². The number of rotatable bonds is 7. The van der Waals surface area contributed by atoms with Gasteiger partial charge in [0, 0.05) is 29.2 Å². The molecule has 0 saturated carbocycles. The second-order valence-electron chi connectivity index (χ2n) is 6.81. The first-order chi connectivity index (χ1) is 14.6. The maximum atomic E-state index is 12.5. The number of nitrogens with zero attached hydrogens (tertiary/aromatic N) is 1. The topological polar surface area (TPSA) is 84.1 Å². The van der Waals surface area contributed by atoms with E-state index in [0.29, 0.717) is 23.5 Å². The number of ether oxygens (including phenoxy) is 1. The molecule has 2 N–H and O–H groups in total. The fourth-order valence-electron chi connectivity index (χ4n) is 3.28. The molecular weight excluding hydrogens is 398 g/mol. The van der Waals surface area contributed by atoms with Gasteiger partial charge in [-0.05, 0) is 25.0 Å². The summed E-state index contributed by atoms with van der Waals surface area (Å²) in [4.78, 5) is 32.7. The number of hydrogen-bond acceptors (Lipinski definition) is 5. The van der Waals surface area contributed by atoms with Gasteiger partial charge in [-0.25, -0.2) is 9.78 Å². The Hall–Kier alpha value is -3.45. The number of aryl methyl sites for hydroxylation is 1. The zero-order valence-electron chi connectivity index (χ0n) is 16.5. The third-order valence-corrected chi connectivity index (χ3v) is 5.64. The number of amides is 1.